The average molecular weight is 521 g/mol. The molecular formula is C28H29FN4O3S. The summed E-state index contributed by atoms with van der Waals surface area (Å²) in [5.74, 6) is -0.403. The molecule has 0 unspecified atom stereocenters. The first-order valence-electron chi connectivity index (χ1n) is 11.9. The lowest BCUT2D eigenvalue weighted by atomic mass is 10.1. The number of sulfonamides is 1. The van der Waals surface area contributed by atoms with Crippen molar-refractivity contribution in [1.29, 1.82) is 0 Å². The quantitative estimate of drug-likeness (QED) is 0.433. The Bertz CT molecular complexity index is 1450. The molecule has 4 rings (SSSR count). The van der Waals surface area contributed by atoms with Crippen LogP contribution in [0.4, 0.5) is 10.1 Å². The molecule has 0 spiro atoms. The van der Waals surface area contributed by atoms with Gasteiger partial charge in [0.15, 0.2) is 0 Å². The highest BCUT2D eigenvalue weighted by molar-refractivity contribution is 7.93. The molecule has 1 amide bonds. The monoisotopic (exact) mass is 520 g/mol. The highest BCUT2D eigenvalue weighted by Gasteiger charge is 2.24. The van der Waals surface area contributed by atoms with Gasteiger partial charge in [0.1, 0.15) is 10.7 Å². The number of benzene rings is 2. The lowest BCUT2D eigenvalue weighted by Gasteiger charge is -2.35. The van der Waals surface area contributed by atoms with Crippen molar-refractivity contribution in [3.05, 3.63) is 103 Å². The number of carbonyl (C=O) groups excluding carboxylic acids is 1. The summed E-state index contributed by atoms with van der Waals surface area (Å²) < 4.78 is 42.7. The van der Waals surface area contributed by atoms with E-state index in [-0.39, 0.29) is 16.6 Å². The molecule has 1 aliphatic heterocycles. The number of aromatic nitrogens is 1. The predicted molar refractivity (Wildman–Crippen MR) is 144 cm³/mol. The van der Waals surface area contributed by atoms with Gasteiger partial charge in [-0.2, -0.15) is 0 Å². The van der Waals surface area contributed by atoms with Crippen LogP contribution < -0.4 is 4.72 Å². The molecule has 9 heteroatoms. The van der Waals surface area contributed by atoms with Crippen LogP contribution in [0.15, 0.2) is 102 Å². The molecule has 7 nitrogen and oxygen atoms in total. The molecule has 0 saturated carbocycles. The van der Waals surface area contributed by atoms with Crippen molar-refractivity contribution in [3.8, 4) is 0 Å². The number of hydrogen-bond acceptors (Lipinski definition) is 5. The summed E-state index contributed by atoms with van der Waals surface area (Å²) in [4.78, 5) is 21.2. The van der Waals surface area contributed by atoms with Gasteiger partial charge in [0.2, 0.25) is 0 Å². The minimum Gasteiger partial charge on any atom is -0.336 e. The van der Waals surface area contributed by atoms with E-state index in [9.17, 15) is 17.6 Å². The number of amides is 1. The number of nitrogens with zero attached hydrogens (tertiary/aromatic N) is 3. The number of carbonyl (C=O) groups is 1. The lowest BCUT2D eigenvalue weighted by molar-refractivity contribution is 0.0647. The van der Waals surface area contributed by atoms with Gasteiger partial charge in [-0.25, -0.2) is 12.8 Å². The van der Waals surface area contributed by atoms with Gasteiger partial charge in [-0.05, 0) is 43.3 Å². The molecule has 1 fully saturated rings. The summed E-state index contributed by atoms with van der Waals surface area (Å²) >= 11 is 0. The Hall–Kier alpha value is -3.82. The maximum Gasteiger partial charge on any atom is 0.264 e. The molecule has 0 radical (unpaired) electrons. The van der Waals surface area contributed by atoms with Gasteiger partial charge >= 0.3 is 0 Å². The van der Waals surface area contributed by atoms with Crippen molar-refractivity contribution in [3.63, 3.8) is 0 Å². The zero-order valence-electron chi connectivity index (χ0n) is 20.6. The van der Waals surface area contributed by atoms with Crippen LogP contribution in [0.2, 0.25) is 0 Å². The van der Waals surface area contributed by atoms with Crippen LogP contribution in [0.25, 0.3) is 10.9 Å². The van der Waals surface area contributed by atoms with Gasteiger partial charge < -0.3 is 4.90 Å². The maximum atomic E-state index is 14.1. The van der Waals surface area contributed by atoms with Crippen molar-refractivity contribution in [2.45, 2.75) is 11.8 Å². The maximum absolute atomic E-state index is 14.1. The zero-order chi connectivity index (χ0) is 26.4. The topological polar surface area (TPSA) is 82.6 Å². The summed E-state index contributed by atoms with van der Waals surface area (Å²) in [5.41, 5.74) is 1.77. The molecule has 0 aliphatic carbocycles. The number of halogens is 1. The third kappa shape index (κ3) is 6.12. The summed E-state index contributed by atoms with van der Waals surface area (Å²) in [5, 5.41) is 0.728. The van der Waals surface area contributed by atoms with E-state index in [2.05, 4.69) is 21.2 Å². The number of hydrogen-bond donors (Lipinski definition) is 1. The summed E-state index contributed by atoms with van der Waals surface area (Å²) in [6.07, 6.45) is 6.22. The smallest absolute Gasteiger partial charge is 0.264 e. The number of nitrogens with one attached hydrogen (secondary N) is 1. The number of allylic oxidation sites excluding steroid dienone is 3. The normalized spacial score (nSPS) is 15.6. The molecular weight excluding hydrogens is 491 g/mol. The molecule has 37 heavy (non-hydrogen) atoms. The standard InChI is InChI=1S/C28H29FN4O3S/c1-3-7-23(25(29)4-2)20-32-16-18-33(19-17-32)28(34)22-11-13-24(14-12-22)31-37(35,36)26-10-5-8-21-9-6-15-30-27(21)26/h3-15,31H,1,16-20H2,2H3. The van der Waals surface area contributed by atoms with Crippen molar-refractivity contribution in [2.75, 3.05) is 37.4 Å². The van der Waals surface area contributed by atoms with Crippen LogP contribution in [0, 0.1) is 0 Å². The van der Waals surface area contributed by atoms with E-state index in [4.69, 9.17) is 0 Å². The van der Waals surface area contributed by atoms with Crippen molar-refractivity contribution >= 4 is 32.5 Å². The molecule has 1 aromatic heterocycles. The Kier molecular flexibility index (Phi) is 8.15. The van der Waals surface area contributed by atoms with Crippen LogP contribution in [-0.2, 0) is 10.0 Å². The fraction of sp³-hybridized carbons (Fsp3) is 0.214. The number of pyridine rings is 1. The Balaban J connectivity index is 1.39. The Morgan fingerprint density at radius 1 is 1.08 bits per heavy atom. The third-order valence-corrected chi connectivity index (χ3v) is 7.61. The number of piperazine rings is 1. The Labute approximate surface area is 216 Å². The van der Waals surface area contributed by atoms with Gasteiger partial charge in [-0.15, -0.1) is 0 Å². The fourth-order valence-electron chi connectivity index (χ4n) is 4.25. The SMILES string of the molecule is C=CC=C(CN1CCN(C(=O)c2ccc(NS(=O)(=O)c3cccc4cccnc34)cc2)CC1)C(F)=CC. The summed E-state index contributed by atoms with van der Waals surface area (Å²) in [6, 6.07) is 14.9. The molecule has 1 saturated heterocycles. The molecule has 1 N–H and O–H groups in total. The molecule has 2 aromatic carbocycles. The lowest BCUT2D eigenvalue weighted by Crippen LogP contribution is -2.49. The zero-order valence-corrected chi connectivity index (χ0v) is 21.4. The van der Waals surface area contributed by atoms with Crippen LogP contribution in [0.5, 0.6) is 0 Å². The van der Waals surface area contributed by atoms with E-state index in [0.717, 1.165) is 5.39 Å². The van der Waals surface area contributed by atoms with E-state index in [1.54, 1.807) is 78.7 Å². The number of rotatable bonds is 8. The van der Waals surface area contributed by atoms with Gasteiger partial charge in [-0.3, -0.25) is 19.4 Å². The first kappa shape index (κ1) is 26.2. The second-order valence-corrected chi connectivity index (χ2v) is 10.3. The minimum absolute atomic E-state index is 0.0871. The van der Waals surface area contributed by atoms with Crippen molar-refractivity contribution < 1.29 is 17.6 Å². The van der Waals surface area contributed by atoms with Crippen LogP contribution in [0.1, 0.15) is 17.3 Å². The number of anilines is 1. The summed E-state index contributed by atoms with van der Waals surface area (Å²) in [7, 11) is -3.88. The molecule has 1 aliphatic rings. The molecule has 0 bridgehead atoms. The highest BCUT2D eigenvalue weighted by atomic mass is 32.2. The van der Waals surface area contributed by atoms with Gasteiger partial charge in [-0.1, -0.05) is 43.0 Å². The van der Waals surface area contributed by atoms with E-state index >= 15 is 0 Å². The average Bonchev–Trinajstić information content (AvgIpc) is 2.92. The van der Waals surface area contributed by atoms with Crippen LogP contribution >= 0.6 is 0 Å². The third-order valence-electron chi connectivity index (χ3n) is 6.20. The molecule has 3 aromatic rings. The van der Waals surface area contributed by atoms with Crippen molar-refractivity contribution in [1.82, 2.24) is 14.8 Å². The van der Waals surface area contributed by atoms with E-state index in [0.29, 0.717) is 55.1 Å². The predicted octanol–water partition coefficient (Wildman–Crippen LogP) is 4.78. The summed E-state index contributed by atoms with van der Waals surface area (Å²) in [6.45, 7) is 8.02. The van der Waals surface area contributed by atoms with E-state index in [1.807, 2.05) is 0 Å². The first-order valence-corrected chi connectivity index (χ1v) is 13.4. The van der Waals surface area contributed by atoms with Crippen molar-refractivity contribution in [2.24, 2.45) is 0 Å². The molecule has 0 atom stereocenters. The van der Waals surface area contributed by atoms with E-state index in [1.165, 1.54) is 12.1 Å². The molecule has 2 heterocycles. The number of para-hydroxylation sites is 1. The van der Waals surface area contributed by atoms with Gasteiger partial charge in [0.05, 0.1) is 5.52 Å². The van der Waals surface area contributed by atoms with Gasteiger partial charge in [0, 0.05) is 61.1 Å². The molecule has 192 valence electrons. The number of fused-ring (bicyclic) bond motifs is 1. The van der Waals surface area contributed by atoms with Gasteiger partial charge in [0.25, 0.3) is 15.9 Å². The van der Waals surface area contributed by atoms with Crippen LogP contribution in [0.3, 0.4) is 0 Å². The second-order valence-electron chi connectivity index (χ2n) is 8.65. The Morgan fingerprint density at radius 3 is 2.46 bits per heavy atom. The van der Waals surface area contributed by atoms with E-state index < -0.39 is 10.0 Å². The first-order chi connectivity index (χ1) is 17.8. The second kappa shape index (κ2) is 11.5. The fourth-order valence-corrected chi connectivity index (χ4v) is 5.49. The minimum atomic E-state index is -3.88. The largest absolute Gasteiger partial charge is 0.336 e. The Morgan fingerprint density at radius 2 is 1.78 bits per heavy atom. The van der Waals surface area contributed by atoms with Crippen LogP contribution in [-0.4, -0.2) is 61.8 Å². The highest BCUT2D eigenvalue weighted by Crippen LogP contribution is 2.24.